The molecule has 1 fully saturated rings. The molecule has 2 aromatic rings. The molecule has 1 aliphatic heterocycles. The van der Waals surface area contributed by atoms with Crippen LogP contribution in [-0.2, 0) is 0 Å². The van der Waals surface area contributed by atoms with Crippen LogP contribution in [0.2, 0.25) is 0 Å². The molecule has 0 spiro atoms. The molecule has 22 heavy (non-hydrogen) atoms. The number of amides is 1. The van der Waals surface area contributed by atoms with Crippen molar-refractivity contribution in [2.24, 2.45) is 5.92 Å². The Morgan fingerprint density at radius 2 is 2.00 bits per heavy atom. The van der Waals surface area contributed by atoms with Crippen molar-refractivity contribution in [3.8, 4) is 5.69 Å². The van der Waals surface area contributed by atoms with E-state index < -0.39 is 0 Å². The van der Waals surface area contributed by atoms with E-state index in [4.69, 9.17) is 0 Å². The largest absolute Gasteiger partial charge is 0.352 e. The van der Waals surface area contributed by atoms with Gasteiger partial charge in [-0.25, -0.2) is 0 Å². The van der Waals surface area contributed by atoms with Crippen molar-refractivity contribution in [1.29, 1.82) is 0 Å². The molecule has 0 saturated carbocycles. The molecule has 1 aromatic carbocycles. The molecule has 116 valence electrons. The van der Waals surface area contributed by atoms with Crippen molar-refractivity contribution < 1.29 is 4.79 Å². The van der Waals surface area contributed by atoms with Gasteiger partial charge in [0, 0.05) is 47.1 Å². The molecule has 1 aliphatic rings. The van der Waals surface area contributed by atoms with Crippen LogP contribution < -0.4 is 10.6 Å². The number of nitrogens with one attached hydrogen (secondary N) is 2. The van der Waals surface area contributed by atoms with Gasteiger partial charge in [0.05, 0.1) is 5.56 Å². The van der Waals surface area contributed by atoms with E-state index in [0.29, 0.717) is 5.92 Å². The molecule has 0 bridgehead atoms. The highest BCUT2D eigenvalue weighted by atomic mass is 79.9. The normalized spacial score (nSPS) is 14.7. The molecular weight excluding hydrogens is 342 g/mol. The Kier molecular flexibility index (Phi) is 4.36. The van der Waals surface area contributed by atoms with Crippen molar-refractivity contribution in [1.82, 2.24) is 15.2 Å². The van der Waals surface area contributed by atoms with Crippen LogP contribution in [0.1, 0.15) is 21.7 Å². The Bertz CT molecular complexity index is 687. The monoisotopic (exact) mass is 361 g/mol. The van der Waals surface area contributed by atoms with E-state index in [9.17, 15) is 4.79 Å². The van der Waals surface area contributed by atoms with E-state index >= 15 is 0 Å². The Hall–Kier alpha value is -1.59. The maximum Gasteiger partial charge on any atom is 0.253 e. The number of rotatable bonds is 4. The lowest BCUT2D eigenvalue weighted by atomic mass is 10.0. The molecule has 0 atom stereocenters. The third-order valence-corrected chi connectivity index (χ3v) is 4.71. The van der Waals surface area contributed by atoms with E-state index in [0.717, 1.165) is 46.7 Å². The van der Waals surface area contributed by atoms with E-state index in [1.54, 1.807) is 0 Å². The summed E-state index contributed by atoms with van der Waals surface area (Å²) in [6, 6.07) is 10.1. The van der Waals surface area contributed by atoms with Crippen LogP contribution in [0.15, 0.2) is 34.8 Å². The maximum absolute atomic E-state index is 12.4. The average Bonchev–Trinajstić information content (AvgIpc) is 2.74. The summed E-state index contributed by atoms with van der Waals surface area (Å²) >= 11 is 3.45. The van der Waals surface area contributed by atoms with Crippen LogP contribution in [0.5, 0.6) is 0 Å². The lowest BCUT2D eigenvalue weighted by molar-refractivity contribution is 0.0941. The zero-order valence-electron chi connectivity index (χ0n) is 12.8. The van der Waals surface area contributed by atoms with Gasteiger partial charge in [0.25, 0.3) is 5.91 Å². The number of aromatic nitrogens is 1. The standard InChI is InChI=1S/C17H20BrN3O/c1-11-7-16(17(22)20-10-13-8-19-9-13)12(2)21(11)15-5-3-14(18)4-6-15/h3-7,13,19H,8-10H2,1-2H3,(H,20,22). The van der Waals surface area contributed by atoms with Crippen molar-refractivity contribution in [3.63, 3.8) is 0 Å². The van der Waals surface area contributed by atoms with Gasteiger partial charge in [-0.2, -0.15) is 0 Å². The number of hydrogen-bond donors (Lipinski definition) is 2. The summed E-state index contributed by atoms with van der Waals surface area (Å²) in [6.45, 7) is 6.76. The Morgan fingerprint density at radius 1 is 1.32 bits per heavy atom. The minimum absolute atomic E-state index is 0.0170. The summed E-state index contributed by atoms with van der Waals surface area (Å²) in [5, 5.41) is 6.26. The Morgan fingerprint density at radius 3 is 2.59 bits per heavy atom. The third-order valence-electron chi connectivity index (χ3n) is 4.18. The third kappa shape index (κ3) is 2.96. The second kappa shape index (κ2) is 6.26. The molecular formula is C17H20BrN3O. The molecule has 0 aliphatic carbocycles. The van der Waals surface area contributed by atoms with Crippen molar-refractivity contribution >= 4 is 21.8 Å². The van der Waals surface area contributed by atoms with Crippen molar-refractivity contribution in [2.45, 2.75) is 13.8 Å². The molecule has 0 unspecified atom stereocenters. The molecule has 1 aromatic heterocycles. The highest BCUT2D eigenvalue weighted by Crippen LogP contribution is 2.22. The van der Waals surface area contributed by atoms with Crippen LogP contribution in [0.3, 0.4) is 0 Å². The molecule has 2 heterocycles. The molecule has 5 heteroatoms. The summed E-state index contributed by atoms with van der Waals surface area (Å²) in [5.74, 6) is 0.585. The van der Waals surface area contributed by atoms with Crippen LogP contribution in [-0.4, -0.2) is 30.1 Å². The fourth-order valence-corrected chi connectivity index (χ4v) is 3.07. The predicted octanol–water partition coefficient (Wildman–Crippen LogP) is 2.81. The highest BCUT2D eigenvalue weighted by Gasteiger charge is 2.20. The van der Waals surface area contributed by atoms with Gasteiger partial charge in [-0.1, -0.05) is 15.9 Å². The van der Waals surface area contributed by atoms with Crippen LogP contribution in [0, 0.1) is 19.8 Å². The Balaban J connectivity index is 1.82. The zero-order chi connectivity index (χ0) is 15.7. The summed E-state index contributed by atoms with van der Waals surface area (Å²) in [5.41, 5.74) is 3.87. The van der Waals surface area contributed by atoms with Crippen molar-refractivity contribution in [3.05, 3.63) is 51.8 Å². The lowest BCUT2D eigenvalue weighted by Gasteiger charge is -2.27. The first kappa shape index (κ1) is 15.3. The number of nitrogens with zero attached hydrogens (tertiary/aromatic N) is 1. The number of halogens is 1. The maximum atomic E-state index is 12.4. The molecule has 1 saturated heterocycles. The quantitative estimate of drug-likeness (QED) is 0.879. The number of aryl methyl sites for hydroxylation is 1. The molecule has 1 amide bonds. The SMILES string of the molecule is Cc1cc(C(=O)NCC2CNC2)c(C)n1-c1ccc(Br)cc1. The first-order chi connectivity index (χ1) is 10.6. The fourth-order valence-electron chi connectivity index (χ4n) is 2.81. The van der Waals surface area contributed by atoms with Crippen LogP contribution in [0.25, 0.3) is 5.69 Å². The van der Waals surface area contributed by atoms with E-state index in [1.807, 2.05) is 44.2 Å². The minimum atomic E-state index is 0.0170. The second-order valence-electron chi connectivity index (χ2n) is 5.83. The topological polar surface area (TPSA) is 46.1 Å². The number of benzene rings is 1. The minimum Gasteiger partial charge on any atom is -0.352 e. The predicted molar refractivity (Wildman–Crippen MR) is 91.6 cm³/mol. The van der Waals surface area contributed by atoms with Gasteiger partial charge in [-0.15, -0.1) is 0 Å². The summed E-state index contributed by atoms with van der Waals surface area (Å²) in [4.78, 5) is 12.4. The van der Waals surface area contributed by atoms with E-state index in [1.165, 1.54) is 0 Å². The zero-order valence-corrected chi connectivity index (χ0v) is 14.4. The summed E-state index contributed by atoms with van der Waals surface area (Å²) in [7, 11) is 0. The number of carbonyl (C=O) groups excluding carboxylic acids is 1. The van der Waals surface area contributed by atoms with Crippen LogP contribution in [0.4, 0.5) is 0 Å². The number of carbonyl (C=O) groups is 1. The average molecular weight is 362 g/mol. The summed E-state index contributed by atoms with van der Waals surface area (Å²) < 4.78 is 3.16. The van der Waals surface area contributed by atoms with Gasteiger partial charge in [-0.05, 0) is 44.2 Å². The first-order valence-corrected chi connectivity index (χ1v) is 8.29. The van der Waals surface area contributed by atoms with Gasteiger partial charge in [0.2, 0.25) is 0 Å². The van der Waals surface area contributed by atoms with Gasteiger partial charge in [0.15, 0.2) is 0 Å². The van der Waals surface area contributed by atoms with Gasteiger partial charge < -0.3 is 15.2 Å². The Labute approximate surface area is 139 Å². The molecule has 0 radical (unpaired) electrons. The molecule has 2 N–H and O–H groups in total. The van der Waals surface area contributed by atoms with Crippen molar-refractivity contribution in [2.75, 3.05) is 19.6 Å². The number of hydrogen-bond acceptors (Lipinski definition) is 2. The van der Waals surface area contributed by atoms with Gasteiger partial charge >= 0.3 is 0 Å². The first-order valence-electron chi connectivity index (χ1n) is 7.50. The second-order valence-corrected chi connectivity index (χ2v) is 6.75. The molecule has 4 nitrogen and oxygen atoms in total. The lowest BCUT2D eigenvalue weighted by Crippen LogP contribution is -2.48. The van der Waals surface area contributed by atoms with Gasteiger partial charge in [0.1, 0.15) is 0 Å². The van der Waals surface area contributed by atoms with Crippen LogP contribution >= 0.6 is 15.9 Å². The van der Waals surface area contributed by atoms with E-state index in [-0.39, 0.29) is 5.91 Å². The van der Waals surface area contributed by atoms with E-state index in [2.05, 4.69) is 31.1 Å². The smallest absolute Gasteiger partial charge is 0.253 e. The fraction of sp³-hybridized carbons (Fsp3) is 0.353. The summed E-state index contributed by atoms with van der Waals surface area (Å²) in [6.07, 6.45) is 0. The molecule has 3 rings (SSSR count). The highest BCUT2D eigenvalue weighted by molar-refractivity contribution is 9.10. The van der Waals surface area contributed by atoms with Gasteiger partial charge in [-0.3, -0.25) is 4.79 Å².